The van der Waals surface area contributed by atoms with Crippen LogP contribution in [0.1, 0.15) is 65.7 Å². The number of carbonyl (C=O) groups is 2. The number of aliphatic hydroxyl groups is 3. The largest absolute Gasteiger partial charge is 1.00 e. The van der Waals surface area contributed by atoms with Crippen LogP contribution in [0, 0.1) is 23.7 Å². The van der Waals surface area contributed by atoms with E-state index in [0.29, 0.717) is 19.3 Å². The number of ether oxygens (including phenoxy) is 1. The van der Waals surface area contributed by atoms with Crippen molar-refractivity contribution < 1.29 is 64.3 Å². The summed E-state index contributed by atoms with van der Waals surface area (Å²) in [6, 6.07) is 0. The second-order valence-corrected chi connectivity index (χ2v) is 9.24. The molecule has 8 atom stereocenters. The van der Waals surface area contributed by atoms with Crippen LogP contribution in [-0.2, 0) is 14.3 Å². The Morgan fingerprint density at radius 2 is 1.94 bits per heavy atom. The quantitative estimate of drug-likeness (QED) is 0.253. The maximum absolute atomic E-state index is 12.6. The second kappa shape index (κ2) is 13.9. The van der Waals surface area contributed by atoms with E-state index in [4.69, 9.17) is 4.74 Å². The summed E-state index contributed by atoms with van der Waals surface area (Å²) >= 11 is 0. The van der Waals surface area contributed by atoms with E-state index in [1.807, 2.05) is 26.0 Å². The molecule has 8 heteroatoms. The fraction of sp³-hybridized carbons (Fsp3) is 0.750. The number of carboxylic acids is 1. The first kappa shape index (κ1) is 29.3. The molecule has 0 saturated heterocycles. The normalized spacial score (nSPS) is 29.7. The number of hydrogen-bond donors (Lipinski definition) is 3. The first-order chi connectivity index (χ1) is 14.6. The van der Waals surface area contributed by atoms with Crippen LogP contribution in [0.3, 0.4) is 0 Å². The minimum Gasteiger partial charge on any atom is -0.550 e. The van der Waals surface area contributed by atoms with E-state index < -0.39 is 36.8 Å². The van der Waals surface area contributed by atoms with Crippen molar-refractivity contribution in [2.45, 2.75) is 90.1 Å². The number of carbonyl (C=O) groups excluding carboxylic acids is 2. The van der Waals surface area contributed by atoms with Gasteiger partial charge in [0.15, 0.2) is 0 Å². The molecule has 0 amide bonds. The van der Waals surface area contributed by atoms with Gasteiger partial charge in [0.25, 0.3) is 0 Å². The number of aliphatic carboxylic acids is 1. The van der Waals surface area contributed by atoms with Crippen molar-refractivity contribution >= 4 is 11.9 Å². The zero-order valence-corrected chi connectivity index (χ0v) is 21.8. The molecular formula is C24H37NaO7. The molecule has 1 unspecified atom stereocenters. The predicted octanol–water partition coefficient (Wildman–Crippen LogP) is -1.50. The molecule has 0 bridgehead atoms. The van der Waals surface area contributed by atoms with Crippen molar-refractivity contribution in [3.63, 3.8) is 0 Å². The molecule has 0 spiro atoms. The van der Waals surface area contributed by atoms with Crippen LogP contribution >= 0.6 is 0 Å². The summed E-state index contributed by atoms with van der Waals surface area (Å²) in [5.74, 6) is -1.57. The van der Waals surface area contributed by atoms with E-state index in [-0.39, 0.29) is 65.6 Å². The molecule has 0 aromatic heterocycles. The van der Waals surface area contributed by atoms with Crippen LogP contribution in [0.15, 0.2) is 23.8 Å². The smallest absolute Gasteiger partial charge is 0.550 e. The van der Waals surface area contributed by atoms with Crippen molar-refractivity contribution in [2.24, 2.45) is 23.7 Å². The number of esters is 1. The maximum atomic E-state index is 12.6. The van der Waals surface area contributed by atoms with E-state index in [1.165, 1.54) is 0 Å². The molecule has 0 aromatic carbocycles. The van der Waals surface area contributed by atoms with Gasteiger partial charge in [-0.1, -0.05) is 45.4 Å². The molecule has 0 aliphatic heterocycles. The number of rotatable bonds is 11. The first-order valence-corrected chi connectivity index (χ1v) is 11.5. The van der Waals surface area contributed by atoms with Gasteiger partial charge in [-0.2, -0.15) is 0 Å². The van der Waals surface area contributed by atoms with Crippen molar-refractivity contribution in [3.05, 3.63) is 23.8 Å². The molecule has 7 nitrogen and oxygen atoms in total. The minimum absolute atomic E-state index is 0. The van der Waals surface area contributed by atoms with Crippen molar-refractivity contribution in [1.29, 1.82) is 0 Å². The maximum Gasteiger partial charge on any atom is 1.00 e. The SMILES string of the molecule is CCCC(C)C(=O)O[C@H]1C[C@H](O)C=C2C=C[C@H](C)[C@H](CC[C@@H](O)C[C@@H](O)CC(=O)[O-])[C@H]21.[Na+]. The summed E-state index contributed by atoms with van der Waals surface area (Å²) in [7, 11) is 0. The van der Waals surface area contributed by atoms with Crippen LogP contribution in [0.2, 0.25) is 0 Å². The Balaban J connectivity index is 0.00000512. The van der Waals surface area contributed by atoms with Gasteiger partial charge in [-0.05, 0) is 43.1 Å². The van der Waals surface area contributed by atoms with E-state index >= 15 is 0 Å². The first-order valence-electron chi connectivity index (χ1n) is 11.5. The third kappa shape index (κ3) is 8.58. The van der Waals surface area contributed by atoms with Gasteiger partial charge in [-0.15, -0.1) is 0 Å². The van der Waals surface area contributed by atoms with Gasteiger partial charge >= 0.3 is 35.5 Å². The Hall–Kier alpha value is -0.700. The molecule has 0 fully saturated rings. The Labute approximate surface area is 213 Å². The van der Waals surface area contributed by atoms with Crippen molar-refractivity contribution in [2.75, 3.05) is 0 Å². The molecule has 2 rings (SSSR count). The van der Waals surface area contributed by atoms with Crippen LogP contribution in [0.5, 0.6) is 0 Å². The number of hydrogen-bond acceptors (Lipinski definition) is 7. The molecule has 3 N–H and O–H groups in total. The number of carboxylic acid groups (broad SMARTS) is 1. The standard InChI is InChI=1S/C24H38O7.Na/c1-4-5-15(3)24(30)31-21-12-18(26)10-16-7-6-14(2)20(23(16)21)9-8-17(25)11-19(27)13-22(28)29;/h6-7,10,14-15,17-21,23,25-27H,4-5,8-9,11-13H2,1-3H3,(H,28,29);/q;+1/p-1/t14-,15?,17+,18+,19+,20-,21-,23-;/m0./s1. The molecule has 0 heterocycles. The van der Waals surface area contributed by atoms with Crippen LogP contribution in [0.4, 0.5) is 0 Å². The number of fused-ring (bicyclic) bond motifs is 1. The van der Waals surface area contributed by atoms with Gasteiger partial charge in [-0.3, -0.25) is 4.79 Å². The fourth-order valence-corrected chi connectivity index (χ4v) is 4.90. The van der Waals surface area contributed by atoms with E-state index in [9.17, 15) is 30.0 Å². The molecule has 32 heavy (non-hydrogen) atoms. The molecule has 0 aromatic rings. The van der Waals surface area contributed by atoms with Gasteiger partial charge in [0.05, 0.1) is 24.2 Å². The minimum atomic E-state index is -1.34. The molecule has 2 aliphatic rings. The van der Waals surface area contributed by atoms with E-state index in [1.54, 1.807) is 0 Å². The number of aliphatic hydroxyl groups excluding tert-OH is 3. The third-order valence-electron chi connectivity index (χ3n) is 6.54. The van der Waals surface area contributed by atoms with E-state index in [2.05, 4.69) is 13.0 Å². The summed E-state index contributed by atoms with van der Waals surface area (Å²) in [6.07, 6.45) is 5.29. The van der Waals surface area contributed by atoms with Crippen LogP contribution in [-0.4, -0.2) is 51.7 Å². The van der Waals surface area contributed by atoms with Gasteiger partial charge < -0.3 is 30.0 Å². The topological polar surface area (TPSA) is 127 Å². The summed E-state index contributed by atoms with van der Waals surface area (Å²) in [5, 5.41) is 40.9. The van der Waals surface area contributed by atoms with Gasteiger partial charge in [0.2, 0.25) is 0 Å². The summed E-state index contributed by atoms with van der Waals surface area (Å²) < 4.78 is 5.89. The van der Waals surface area contributed by atoms with Crippen molar-refractivity contribution in [1.82, 2.24) is 0 Å². The fourth-order valence-electron chi connectivity index (χ4n) is 4.90. The molecule has 0 saturated carbocycles. The Morgan fingerprint density at radius 3 is 2.56 bits per heavy atom. The average Bonchev–Trinajstić information content (AvgIpc) is 2.66. The van der Waals surface area contributed by atoms with E-state index in [0.717, 1.165) is 18.4 Å². The average molecular weight is 461 g/mol. The van der Waals surface area contributed by atoms with Crippen LogP contribution in [0.25, 0.3) is 0 Å². The monoisotopic (exact) mass is 460 g/mol. The summed E-state index contributed by atoms with van der Waals surface area (Å²) in [5.41, 5.74) is 0.953. The Bertz CT molecular complexity index is 677. The molecular weight excluding hydrogens is 423 g/mol. The molecule has 2 aliphatic carbocycles. The zero-order valence-electron chi connectivity index (χ0n) is 19.8. The van der Waals surface area contributed by atoms with Gasteiger partial charge in [0, 0.05) is 24.7 Å². The van der Waals surface area contributed by atoms with Gasteiger partial charge in [-0.25, -0.2) is 0 Å². The number of allylic oxidation sites excluding steroid dienone is 2. The molecule has 0 radical (unpaired) electrons. The third-order valence-corrected chi connectivity index (χ3v) is 6.54. The Morgan fingerprint density at radius 1 is 1.25 bits per heavy atom. The van der Waals surface area contributed by atoms with Crippen molar-refractivity contribution in [3.8, 4) is 0 Å². The van der Waals surface area contributed by atoms with Gasteiger partial charge in [0.1, 0.15) is 6.10 Å². The predicted molar refractivity (Wildman–Crippen MR) is 113 cm³/mol. The summed E-state index contributed by atoms with van der Waals surface area (Å²) in [6.45, 7) is 5.96. The van der Waals surface area contributed by atoms with Crippen LogP contribution < -0.4 is 34.7 Å². The second-order valence-electron chi connectivity index (χ2n) is 9.24. The zero-order chi connectivity index (χ0) is 23.1. The summed E-state index contributed by atoms with van der Waals surface area (Å²) in [4.78, 5) is 23.2. The molecule has 176 valence electrons. The Kier molecular flexibility index (Phi) is 12.7.